The zero-order chi connectivity index (χ0) is 12.9. The zero-order valence-electron chi connectivity index (χ0n) is 11.1. The van der Waals surface area contributed by atoms with Crippen molar-refractivity contribution in [1.82, 2.24) is 10.2 Å². The summed E-state index contributed by atoms with van der Waals surface area (Å²) in [5.41, 5.74) is 2.23. The molecule has 1 aliphatic rings. The van der Waals surface area contributed by atoms with Gasteiger partial charge in [0.2, 0.25) is 0 Å². The Morgan fingerprint density at radius 2 is 2.05 bits per heavy atom. The minimum absolute atomic E-state index is 0.888. The van der Waals surface area contributed by atoms with Gasteiger partial charge >= 0.3 is 0 Å². The molecule has 1 aliphatic heterocycles. The summed E-state index contributed by atoms with van der Waals surface area (Å²) in [6.45, 7) is 5.56. The monoisotopic (exact) mass is 276 g/mol. The van der Waals surface area contributed by atoms with Crippen molar-refractivity contribution < 1.29 is 4.42 Å². The summed E-state index contributed by atoms with van der Waals surface area (Å²) >= 11 is 2.06. The average molecular weight is 276 g/mol. The first-order valence-electron chi connectivity index (χ1n) is 6.89. The van der Waals surface area contributed by atoms with E-state index in [4.69, 9.17) is 4.42 Å². The van der Waals surface area contributed by atoms with Crippen molar-refractivity contribution in [2.24, 2.45) is 0 Å². The maximum atomic E-state index is 5.54. The number of nitrogens with one attached hydrogen (secondary N) is 1. The van der Waals surface area contributed by atoms with E-state index in [-0.39, 0.29) is 0 Å². The van der Waals surface area contributed by atoms with Crippen LogP contribution < -0.4 is 5.32 Å². The molecule has 1 aromatic heterocycles. The van der Waals surface area contributed by atoms with Gasteiger partial charge in [0.15, 0.2) is 0 Å². The van der Waals surface area contributed by atoms with Gasteiger partial charge in [-0.05, 0) is 6.07 Å². The Kier molecular flexibility index (Phi) is 4.43. The van der Waals surface area contributed by atoms with E-state index in [0.717, 1.165) is 25.2 Å². The maximum Gasteiger partial charge on any atom is 0.134 e. The lowest BCUT2D eigenvalue weighted by Crippen LogP contribution is -2.37. The van der Waals surface area contributed by atoms with Crippen LogP contribution in [0.5, 0.6) is 0 Å². The molecule has 1 aromatic carbocycles. The van der Waals surface area contributed by atoms with E-state index in [1.807, 2.05) is 18.4 Å². The van der Waals surface area contributed by atoms with Gasteiger partial charge in [0.05, 0.1) is 6.26 Å². The predicted molar refractivity (Wildman–Crippen MR) is 81.7 cm³/mol. The molecule has 102 valence electrons. The lowest BCUT2D eigenvalue weighted by molar-refractivity contribution is 0.301. The van der Waals surface area contributed by atoms with Crippen LogP contribution in [-0.4, -0.2) is 42.6 Å². The fourth-order valence-electron chi connectivity index (χ4n) is 2.45. The van der Waals surface area contributed by atoms with Gasteiger partial charge in [-0.3, -0.25) is 0 Å². The van der Waals surface area contributed by atoms with E-state index in [2.05, 4.69) is 34.1 Å². The van der Waals surface area contributed by atoms with Crippen LogP contribution in [0, 0.1) is 0 Å². The highest BCUT2D eigenvalue weighted by atomic mass is 32.2. The average Bonchev–Trinajstić information content (AvgIpc) is 2.88. The molecule has 19 heavy (non-hydrogen) atoms. The third-order valence-corrected chi connectivity index (χ3v) is 4.53. The number of rotatable bonds is 5. The Balaban J connectivity index is 1.47. The van der Waals surface area contributed by atoms with E-state index in [1.54, 1.807) is 0 Å². The summed E-state index contributed by atoms with van der Waals surface area (Å²) in [5, 5.41) is 4.75. The maximum absolute atomic E-state index is 5.54. The van der Waals surface area contributed by atoms with Gasteiger partial charge < -0.3 is 14.6 Å². The molecule has 2 heterocycles. The first kappa shape index (κ1) is 13.0. The highest BCUT2D eigenvalue weighted by Gasteiger charge is 2.09. The van der Waals surface area contributed by atoms with Crippen molar-refractivity contribution in [3.05, 3.63) is 36.1 Å². The van der Waals surface area contributed by atoms with Crippen LogP contribution in [0.1, 0.15) is 5.56 Å². The molecular weight excluding hydrogens is 256 g/mol. The summed E-state index contributed by atoms with van der Waals surface area (Å²) in [5.74, 6) is 2.57. The highest BCUT2D eigenvalue weighted by Crippen LogP contribution is 2.20. The Hall–Kier alpha value is -0.970. The van der Waals surface area contributed by atoms with Gasteiger partial charge in [0, 0.05) is 55.2 Å². The van der Waals surface area contributed by atoms with Crippen molar-refractivity contribution in [2.75, 3.05) is 37.7 Å². The standard InChI is InChI=1S/C15H20N2OS/c1-2-4-15-14(3-1)13(12-18-15)11-16-5-6-17-7-9-19-10-8-17/h1-4,12,16H,5-11H2. The number of hydrogen-bond donors (Lipinski definition) is 1. The third-order valence-electron chi connectivity index (χ3n) is 3.59. The van der Waals surface area contributed by atoms with Crippen molar-refractivity contribution in [1.29, 1.82) is 0 Å². The Bertz CT molecular complexity index is 520. The molecule has 0 spiro atoms. The van der Waals surface area contributed by atoms with Gasteiger partial charge in [-0.25, -0.2) is 0 Å². The van der Waals surface area contributed by atoms with E-state index in [0.29, 0.717) is 0 Å². The number of furan rings is 1. The smallest absolute Gasteiger partial charge is 0.134 e. The molecule has 1 fully saturated rings. The molecule has 2 aromatic rings. The van der Waals surface area contributed by atoms with Crippen LogP contribution in [-0.2, 0) is 6.54 Å². The first-order valence-corrected chi connectivity index (χ1v) is 8.05. The van der Waals surface area contributed by atoms with Gasteiger partial charge in [0.25, 0.3) is 0 Å². The molecule has 0 saturated carbocycles. The Labute approximate surface area is 118 Å². The molecule has 0 aliphatic carbocycles. The quantitative estimate of drug-likeness (QED) is 0.850. The second-order valence-electron chi connectivity index (χ2n) is 4.89. The van der Waals surface area contributed by atoms with E-state index in [9.17, 15) is 0 Å². The first-order chi connectivity index (χ1) is 9.43. The number of hydrogen-bond acceptors (Lipinski definition) is 4. The summed E-state index contributed by atoms with van der Waals surface area (Å²) in [4.78, 5) is 2.54. The van der Waals surface area contributed by atoms with Gasteiger partial charge in [-0.1, -0.05) is 18.2 Å². The van der Waals surface area contributed by atoms with Crippen LogP contribution in [0.15, 0.2) is 34.9 Å². The molecule has 3 nitrogen and oxygen atoms in total. The molecular formula is C15H20N2OS. The molecule has 0 radical (unpaired) electrons. The molecule has 1 N–H and O–H groups in total. The number of benzene rings is 1. The molecule has 0 atom stereocenters. The van der Waals surface area contributed by atoms with Gasteiger partial charge in [-0.15, -0.1) is 0 Å². The minimum atomic E-state index is 0.888. The normalized spacial score (nSPS) is 17.1. The number of thioether (sulfide) groups is 1. The second-order valence-corrected chi connectivity index (χ2v) is 6.11. The number of para-hydroxylation sites is 1. The Morgan fingerprint density at radius 1 is 1.21 bits per heavy atom. The van der Waals surface area contributed by atoms with Crippen molar-refractivity contribution in [2.45, 2.75) is 6.54 Å². The van der Waals surface area contributed by atoms with Crippen molar-refractivity contribution >= 4 is 22.7 Å². The SMILES string of the molecule is c1ccc2c(CNCCN3CCSCC3)coc2c1. The third kappa shape index (κ3) is 3.32. The highest BCUT2D eigenvalue weighted by molar-refractivity contribution is 7.99. The fourth-order valence-corrected chi connectivity index (χ4v) is 3.43. The Morgan fingerprint density at radius 3 is 2.95 bits per heavy atom. The van der Waals surface area contributed by atoms with E-state index >= 15 is 0 Å². The molecule has 0 amide bonds. The molecule has 4 heteroatoms. The topological polar surface area (TPSA) is 28.4 Å². The lowest BCUT2D eigenvalue weighted by atomic mass is 10.2. The van der Waals surface area contributed by atoms with Crippen LogP contribution in [0.4, 0.5) is 0 Å². The van der Waals surface area contributed by atoms with Gasteiger partial charge in [0.1, 0.15) is 5.58 Å². The molecule has 0 unspecified atom stereocenters. The van der Waals surface area contributed by atoms with Crippen LogP contribution in [0.25, 0.3) is 11.0 Å². The van der Waals surface area contributed by atoms with Crippen molar-refractivity contribution in [3.8, 4) is 0 Å². The summed E-state index contributed by atoms with van der Waals surface area (Å²) < 4.78 is 5.54. The van der Waals surface area contributed by atoms with E-state index in [1.165, 1.54) is 35.5 Å². The molecule has 3 rings (SSSR count). The minimum Gasteiger partial charge on any atom is -0.464 e. The van der Waals surface area contributed by atoms with E-state index < -0.39 is 0 Å². The molecule has 1 saturated heterocycles. The van der Waals surface area contributed by atoms with Crippen LogP contribution in [0.2, 0.25) is 0 Å². The predicted octanol–water partition coefficient (Wildman–Crippen LogP) is 2.57. The largest absolute Gasteiger partial charge is 0.464 e. The van der Waals surface area contributed by atoms with Crippen LogP contribution in [0.3, 0.4) is 0 Å². The molecule has 0 bridgehead atoms. The fraction of sp³-hybridized carbons (Fsp3) is 0.467. The summed E-state index contributed by atoms with van der Waals surface area (Å²) in [7, 11) is 0. The van der Waals surface area contributed by atoms with Crippen LogP contribution >= 0.6 is 11.8 Å². The van der Waals surface area contributed by atoms with Crippen molar-refractivity contribution in [3.63, 3.8) is 0 Å². The van der Waals surface area contributed by atoms with Gasteiger partial charge in [-0.2, -0.15) is 11.8 Å². The lowest BCUT2D eigenvalue weighted by Gasteiger charge is -2.26. The second kappa shape index (κ2) is 6.46. The summed E-state index contributed by atoms with van der Waals surface area (Å²) in [6, 6.07) is 8.21. The summed E-state index contributed by atoms with van der Waals surface area (Å²) in [6.07, 6.45) is 1.87. The number of nitrogens with zero attached hydrogens (tertiary/aromatic N) is 1. The number of fused-ring (bicyclic) bond motifs is 1. The zero-order valence-corrected chi connectivity index (χ0v) is 11.9.